The zero-order valence-corrected chi connectivity index (χ0v) is 17.0. The van der Waals surface area contributed by atoms with E-state index in [0.29, 0.717) is 29.4 Å². The summed E-state index contributed by atoms with van der Waals surface area (Å²) in [5, 5.41) is 16.1. The summed E-state index contributed by atoms with van der Waals surface area (Å²) in [7, 11) is 1.58. The van der Waals surface area contributed by atoms with E-state index in [1.165, 1.54) is 0 Å². The number of ether oxygens (including phenoxy) is 1. The molecule has 0 radical (unpaired) electrons. The lowest BCUT2D eigenvalue weighted by Crippen LogP contribution is -2.12. The minimum absolute atomic E-state index is 0.243. The Morgan fingerprint density at radius 3 is 2.60 bits per heavy atom. The van der Waals surface area contributed by atoms with Gasteiger partial charge in [-0.25, -0.2) is 0 Å². The smallest absolute Gasteiger partial charge is 0.255 e. The van der Waals surface area contributed by atoms with Crippen LogP contribution in [0.4, 0.5) is 11.5 Å². The zero-order valence-electron chi connectivity index (χ0n) is 16.2. The van der Waals surface area contributed by atoms with Crippen LogP contribution in [0.25, 0.3) is 10.8 Å². The third-order valence-corrected chi connectivity index (χ3v) is 4.91. The van der Waals surface area contributed by atoms with Crippen molar-refractivity contribution in [3.05, 3.63) is 89.1 Å². The molecule has 150 valence electrons. The molecule has 1 heterocycles. The van der Waals surface area contributed by atoms with Crippen LogP contribution in [0.15, 0.2) is 72.8 Å². The van der Waals surface area contributed by atoms with E-state index < -0.39 is 0 Å². The highest BCUT2D eigenvalue weighted by Gasteiger charge is 2.13. The number of nitrogens with zero attached hydrogens (tertiary/aromatic N) is 2. The van der Waals surface area contributed by atoms with E-state index in [0.717, 1.165) is 16.3 Å². The number of fused-ring (bicyclic) bond motifs is 1. The standard InChI is InChI=1S/C23H19ClN4O2/c1-30-18-9-5-8-17(13-18)26-23(29)16-10-11-19-20(12-16)22(28-27-21(19)24)25-14-15-6-3-2-4-7-15/h2-13H,14H2,1H3,(H,25,28)(H,26,29). The second-order valence-electron chi connectivity index (χ2n) is 6.63. The zero-order chi connectivity index (χ0) is 20.9. The number of methoxy groups -OCH3 is 1. The third kappa shape index (κ3) is 4.34. The minimum atomic E-state index is -0.243. The molecule has 3 aromatic carbocycles. The fraction of sp³-hybridized carbons (Fsp3) is 0.0870. The van der Waals surface area contributed by atoms with E-state index in [1.54, 1.807) is 37.4 Å². The second-order valence-corrected chi connectivity index (χ2v) is 6.98. The molecule has 0 fully saturated rings. The van der Waals surface area contributed by atoms with Crippen molar-refractivity contribution >= 4 is 39.8 Å². The lowest BCUT2D eigenvalue weighted by molar-refractivity contribution is 0.102. The van der Waals surface area contributed by atoms with Crippen molar-refractivity contribution in [1.29, 1.82) is 0 Å². The van der Waals surface area contributed by atoms with Crippen LogP contribution in [0.5, 0.6) is 5.75 Å². The number of halogens is 1. The van der Waals surface area contributed by atoms with Gasteiger partial charge in [0.1, 0.15) is 5.75 Å². The Bertz CT molecular complexity index is 1200. The van der Waals surface area contributed by atoms with Gasteiger partial charge < -0.3 is 15.4 Å². The maximum Gasteiger partial charge on any atom is 0.255 e. The second kappa shape index (κ2) is 8.80. The Kier molecular flexibility index (Phi) is 5.77. The molecule has 7 heteroatoms. The quantitative estimate of drug-likeness (QED) is 0.452. The number of carbonyl (C=O) groups is 1. The largest absolute Gasteiger partial charge is 0.497 e. The van der Waals surface area contributed by atoms with Crippen LogP contribution >= 0.6 is 11.6 Å². The van der Waals surface area contributed by atoms with E-state index in [-0.39, 0.29) is 11.1 Å². The topological polar surface area (TPSA) is 76.1 Å². The number of anilines is 2. The third-order valence-electron chi connectivity index (χ3n) is 4.63. The highest BCUT2D eigenvalue weighted by molar-refractivity contribution is 6.34. The maximum absolute atomic E-state index is 12.8. The van der Waals surface area contributed by atoms with Gasteiger partial charge in [0, 0.05) is 34.6 Å². The Morgan fingerprint density at radius 2 is 1.80 bits per heavy atom. The molecule has 0 aliphatic rings. The number of rotatable bonds is 6. The molecule has 0 aliphatic carbocycles. The maximum atomic E-state index is 12.8. The minimum Gasteiger partial charge on any atom is -0.497 e. The van der Waals surface area contributed by atoms with Crippen molar-refractivity contribution in [2.45, 2.75) is 6.54 Å². The summed E-state index contributed by atoms with van der Waals surface area (Å²) in [4.78, 5) is 12.8. The van der Waals surface area contributed by atoms with Crippen molar-refractivity contribution < 1.29 is 9.53 Å². The van der Waals surface area contributed by atoms with Crippen LogP contribution in [0.3, 0.4) is 0 Å². The van der Waals surface area contributed by atoms with Crippen molar-refractivity contribution in [2.75, 3.05) is 17.7 Å². The monoisotopic (exact) mass is 418 g/mol. The van der Waals surface area contributed by atoms with E-state index in [9.17, 15) is 4.79 Å². The van der Waals surface area contributed by atoms with E-state index in [4.69, 9.17) is 16.3 Å². The molecule has 0 saturated heterocycles. The predicted octanol–water partition coefficient (Wildman–Crippen LogP) is 5.16. The summed E-state index contributed by atoms with van der Waals surface area (Å²) in [6, 6.07) is 22.4. The molecular weight excluding hydrogens is 400 g/mol. The molecular formula is C23H19ClN4O2. The average Bonchev–Trinajstić information content (AvgIpc) is 2.79. The van der Waals surface area contributed by atoms with Gasteiger partial charge >= 0.3 is 0 Å². The van der Waals surface area contributed by atoms with Gasteiger partial charge in [0.15, 0.2) is 11.0 Å². The molecule has 2 N–H and O–H groups in total. The summed E-state index contributed by atoms with van der Waals surface area (Å²) in [5.41, 5.74) is 2.24. The van der Waals surface area contributed by atoms with Crippen molar-refractivity contribution in [2.24, 2.45) is 0 Å². The Morgan fingerprint density at radius 1 is 0.967 bits per heavy atom. The molecule has 0 saturated carbocycles. The normalized spacial score (nSPS) is 10.6. The molecule has 0 atom stereocenters. The van der Waals surface area contributed by atoms with Crippen molar-refractivity contribution in [3.8, 4) is 5.75 Å². The number of carbonyl (C=O) groups excluding carboxylic acids is 1. The van der Waals surface area contributed by atoms with Gasteiger partial charge in [-0.1, -0.05) is 54.1 Å². The Labute approximate surface area is 178 Å². The van der Waals surface area contributed by atoms with Gasteiger partial charge in [-0.05, 0) is 29.8 Å². The number of benzene rings is 3. The molecule has 6 nitrogen and oxygen atoms in total. The van der Waals surface area contributed by atoms with Gasteiger partial charge in [0.25, 0.3) is 5.91 Å². The number of hydrogen-bond acceptors (Lipinski definition) is 5. The van der Waals surface area contributed by atoms with Crippen LogP contribution in [0.2, 0.25) is 5.15 Å². The Hall–Kier alpha value is -3.64. The number of hydrogen-bond donors (Lipinski definition) is 2. The van der Waals surface area contributed by atoms with Crippen molar-refractivity contribution in [3.63, 3.8) is 0 Å². The molecule has 4 rings (SSSR count). The van der Waals surface area contributed by atoms with E-state index in [2.05, 4.69) is 20.8 Å². The average molecular weight is 419 g/mol. The van der Waals surface area contributed by atoms with Crippen LogP contribution in [0, 0.1) is 0 Å². The first-order chi connectivity index (χ1) is 14.6. The fourth-order valence-corrected chi connectivity index (χ4v) is 3.28. The first-order valence-electron chi connectivity index (χ1n) is 9.33. The molecule has 0 bridgehead atoms. The SMILES string of the molecule is COc1cccc(NC(=O)c2ccc3c(Cl)nnc(NCc4ccccc4)c3c2)c1. The van der Waals surface area contributed by atoms with Crippen LogP contribution in [0.1, 0.15) is 15.9 Å². The summed E-state index contributed by atoms with van der Waals surface area (Å²) in [6.07, 6.45) is 0. The number of nitrogens with one attached hydrogen (secondary N) is 2. The highest BCUT2D eigenvalue weighted by Crippen LogP contribution is 2.28. The number of amides is 1. The summed E-state index contributed by atoms with van der Waals surface area (Å²) < 4.78 is 5.20. The highest BCUT2D eigenvalue weighted by atomic mass is 35.5. The van der Waals surface area contributed by atoms with Crippen LogP contribution < -0.4 is 15.4 Å². The molecule has 4 aromatic rings. The Balaban J connectivity index is 1.62. The number of aromatic nitrogens is 2. The van der Waals surface area contributed by atoms with Gasteiger partial charge in [-0.15, -0.1) is 10.2 Å². The van der Waals surface area contributed by atoms with E-state index in [1.807, 2.05) is 42.5 Å². The molecule has 1 aromatic heterocycles. The molecule has 0 spiro atoms. The lowest BCUT2D eigenvalue weighted by Gasteiger charge is -2.11. The first-order valence-corrected chi connectivity index (χ1v) is 9.71. The van der Waals surface area contributed by atoms with Crippen LogP contribution in [-0.2, 0) is 6.54 Å². The predicted molar refractivity (Wildman–Crippen MR) is 119 cm³/mol. The van der Waals surface area contributed by atoms with Gasteiger partial charge in [0.2, 0.25) is 0 Å². The summed E-state index contributed by atoms with van der Waals surface area (Å²) in [5.74, 6) is 0.988. The molecule has 30 heavy (non-hydrogen) atoms. The van der Waals surface area contributed by atoms with E-state index >= 15 is 0 Å². The molecule has 0 unspecified atom stereocenters. The molecule has 0 aliphatic heterocycles. The lowest BCUT2D eigenvalue weighted by atomic mass is 10.1. The fourth-order valence-electron chi connectivity index (χ4n) is 3.08. The van der Waals surface area contributed by atoms with Gasteiger partial charge in [-0.3, -0.25) is 4.79 Å². The van der Waals surface area contributed by atoms with Gasteiger partial charge in [-0.2, -0.15) is 0 Å². The molecule has 1 amide bonds. The first kappa shape index (κ1) is 19.7. The summed E-state index contributed by atoms with van der Waals surface area (Å²) >= 11 is 6.23. The summed E-state index contributed by atoms with van der Waals surface area (Å²) in [6.45, 7) is 0.576. The van der Waals surface area contributed by atoms with Crippen LogP contribution in [-0.4, -0.2) is 23.2 Å². The van der Waals surface area contributed by atoms with Crippen molar-refractivity contribution in [1.82, 2.24) is 10.2 Å². The van der Waals surface area contributed by atoms with Gasteiger partial charge in [0.05, 0.1) is 7.11 Å².